The number of amides is 1. The molecule has 6 rings (SSSR count). The molecule has 4 heterocycles. The van der Waals surface area contributed by atoms with E-state index in [2.05, 4.69) is 37.2 Å². The second-order valence-corrected chi connectivity index (χ2v) is 9.72. The van der Waals surface area contributed by atoms with Crippen LogP contribution < -0.4 is 15.0 Å². The number of nitrogens with zero attached hydrogens (tertiary/aromatic N) is 9. The summed E-state index contributed by atoms with van der Waals surface area (Å²) in [5, 5.41) is 21.4. The molecule has 1 aliphatic rings. The van der Waals surface area contributed by atoms with Gasteiger partial charge in [-0.25, -0.2) is 24.6 Å². The van der Waals surface area contributed by atoms with Crippen LogP contribution in [0.4, 0.5) is 17.5 Å². The van der Waals surface area contributed by atoms with Crippen LogP contribution in [-0.2, 0) is 11.8 Å². The number of piperazine rings is 1. The van der Waals surface area contributed by atoms with E-state index in [1.54, 1.807) is 15.8 Å². The van der Waals surface area contributed by atoms with Gasteiger partial charge in [0.25, 0.3) is 0 Å². The number of aliphatic hydroxyl groups excluding tert-OH is 1. The number of ether oxygens (including phenoxy) is 1. The molecule has 5 aromatic rings. The fourth-order valence-corrected chi connectivity index (χ4v) is 4.88. The maximum absolute atomic E-state index is 12.2. The van der Waals surface area contributed by atoms with Gasteiger partial charge in [0, 0.05) is 38.4 Å². The highest BCUT2D eigenvalue weighted by atomic mass is 16.5. The molecule has 0 saturated carbocycles. The molecule has 2 aromatic carbocycles. The second-order valence-electron chi connectivity index (χ2n) is 9.72. The number of aliphatic hydroxyl groups is 1. The fraction of sp³-hybridized carbons (Fsp3) is 0.250. The van der Waals surface area contributed by atoms with Crippen LogP contribution >= 0.6 is 0 Å². The largest absolute Gasteiger partial charge is 0.457 e. The van der Waals surface area contributed by atoms with E-state index in [1.165, 1.54) is 12.4 Å². The number of carbonyl (C=O) groups excluding carboxylic acids is 1. The Morgan fingerprint density at radius 2 is 2.05 bits per heavy atom. The molecule has 3 aromatic heterocycles. The first-order chi connectivity index (χ1) is 19.9. The summed E-state index contributed by atoms with van der Waals surface area (Å²) in [6, 6.07) is 11.1. The van der Waals surface area contributed by atoms with Gasteiger partial charge in [-0.2, -0.15) is 0 Å². The zero-order chi connectivity index (χ0) is 28.5. The van der Waals surface area contributed by atoms with Gasteiger partial charge in [0.2, 0.25) is 11.9 Å². The van der Waals surface area contributed by atoms with E-state index in [1.807, 2.05) is 55.3 Å². The van der Waals surface area contributed by atoms with Crippen LogP contribution in [0.15, 0.2) is 61.6 Å². The van der Waals surface area contributed by atoms with Crippen LogP contribution in [0.5, 0.6) is 11.5 Å². The van der Waals surface area contributed by atoms with Gasteiger partial charge < -0.3 is 25.0 Å². The molecule has 208 valence electrons. The van der Waals surface area contributed by atoms with Crippen molar-refractivity contribution in [3.05, 3.63) is 67.1 Å². The molecule has 0 unspecified atom stereocenters. The van der Waals surface area contributed by atoms with Crippen LogP contribution in [-0.4, -0.2) is 83.1 Å². The average Bonchev–Trinajstić information content (AvgIpc) is 3.37. The Labute approximate surface area is 235 Å². The zero-order valence-electron chi connectivity index (χ0n) is 22.6. The van der Waals surface area contributed by atoms with Crippen LogP contribution in [0.1, 0.15) is 5.56 Å². The minimum Gasteiger partial charge on any atom is -0.457 e. The highest BCUT2D eigenvalue weighted by Gasteiger charge is 2.30. The van der Waals surface area contributed by atoms with Crippen molar-refractivity contribution < 1.29 is 14.6 Å². The predicted molar refractivity (Wildman–Crippen MR) is 153 cm³/mol. The number of fused-ring (bicyclic) bond motifs is 2. The van der Waals surface area contributed by atoms with Crippen molar-refractivity contribution in [1.29, 1.82) is 0 Å². The lowest BCUT2D eigenvalue weighted by atomic mass is 10.1. The number of aromatic nitrogens is 7. The molecule has 0 radical (unpaired) electrons. The Balaban J connectivity index is 1.22. The van der Waals surface area contributed by atoms with Gasteiger partial charge in [-0.3, -0.25) is 4.79 Å². The van der Waals surface area contributed by atoms with Gasteiger partial charge in [0.15, 0.2) is 5.82 Å². The highest BCUT2D eigenvalue weighted by molar-refractivity contribution is 5.88. The molecule has 2 N–H and O–H groups in total. The van der Waals surface area contributed by atoms with E-state index >= 15 is 0 Å². The molecule has 0 bridgehead atoms. The molecule has 1 fully saturated rings. The summed E-state index contributed by atoms with van der Waals surface area (Å²) in [6.45, 7) is 6.68. The van der Waals surface area contributed by atoms with Crippen LogP contribution in [0.2, 0.25) is 0 Å². The van der Waals surface area contributed by atoms with Crippen molar-refractivity contribution in [2.75, 3.05) is 36.5 Å². The molecule has 1 saturated heterocycles. The minimum absolute atomic E-state index is 0.173. The topological polar surface area (TPSA) is 147 Å². The lowest BCUT2D eigenvalue weighted by molar-refractivity contribution is -0.129. The first-order valence-corrected chi connectivity index (χ1v) is 13.0. The number of hydrogen-bond acceptors (Lipinski definition) is 11. The van der Waals surface area contributed by atoms with Crippen LogP contribution in [0.25, 0.3) is 22.1 Å². The number of hydrogen-bond donors (Lipinski definition) is 2. The van der Waals surface area contributed by atoms with Crippen molar-refractivity contribution in [2.45, 2.75) is 13.0 Å². The van der Waals surface area contributed by atoms with Crippen molar-refractivity contribution >= 4 is 45.4 Å². The summed E-state index contributed by atoms with van der Waals surface area (Å²) < 4.78 is 7.84. The molecule has 0 spiro atoms. The van der Waals surface area contributed by atoms with E-state index in [0.717, 1.165) is 22.3 Å². The summed E-state index contributed by atoms with van der Waals surface area (Å²) in [4.78, 5) is 33.7. The molecular formula is C28H28N10O3. The fourth-order valence-electron chi connectivity index (χ4n) is 4.88. The maximum atomic E-state index is 12.2. The highest BCUT2D eigenvalue weighted by Crippen LogP contribution is 2.31. The second kappa shape index (κ2) is 10.8. The predicted octanol–water partition coefficient (Wildman–Crippen LogP) is 2.74. The monoisotopic (exact) mass is 552 g/mol. The third-order valence-corrected chi connectivity index (χ3v) is 7.05. The van der Waals surface area contributed by atoms with Gasteiger partial charge in [0.05, 0.1) is 24.4 Å². The average molecular weight is 553 g/mol. The number of carbonyl (C=O) groups is 1. The maximum Gasteiger partial charge on any atom is 0.246 e. The number of aryl methyl sites for hydroxylation is 2. The lowest BCUT2D eigenvalue weighted by Crippen LogP contribution is -2.56. The molecule has 13 heteroatoms. The zero-order valence-corrected chi connectivity index (χ0v) is 22.6. The van der Waals surface area contributed by atoms with E-state index < -0.39 is 0 Å². The first kappa shape index (κ1) is 26.1. The van der Waals surface area contributed by atoms with Crippen molar-refractivity contribution in [3.8, 4) is 11.5 Å². The molecule has 13 nitrogen and oxygen atoms in total. The Morgan fingerprint density at radius 3 is 2.85 bits per heavy atom. The van der Waals surface area contributed by atoms with Gasteiger partial charge in [0.1, 0.15) is 34.4 Å². The smallest absolute Gasteiger partial charge is 0.246 e. The number of rotatable bonds is 7. The van der Waals surface area contributed by atoms with E-state index in [4.69, 9.17) is 9.72 Å². The van der Waals surface area contributed by atoms with Crippen LogP contribution in [0, 0.1) is 6.92 Å². The Kier molecular flexibility index (Phi) is 6.85. The van der Waals surface area contributed by atoms with Crippen molar-refractivity contribution in [2.24, 2.45) is 7.05 Å². The Bertz CT molecular complexity index is 1770. The van der Waals surface area contributed by atoms with Crippen LogP contribution in [0.3, 0.4) is 0 Å². The van der Waals surface area contributed by atoms with E-state index in [0.29, 0.717) is 53.9 Å². The first-order valence-electron chi connectivity index (χ1n) is 13.0. The van der Waals surface area contributed by atoms with Gasteiger partial charge in [-0.05, 0) is 48.9 Å². The van der Waals surface area contributed by atoms with Crippen molar-refractivity contribution in [1.82, 2.24) is 39.8 Å². The van der Waals surface area contributed by atoms with Gasteiger partial charge >= 0.3 is 0 Å². The normalized spacial score (nSPS) is 15.3. The third-order valence-electron chi connectivity index (χ3n) is 7.05. The molecule has 0 aliphatic carbocycles. The number of nitrogens with one attached hydrogen (secondary N) is 1. The van der Waals surface area contributed by atoms with Gasteiger partial charge in [-0.1, -0.05) is 11.8 Å². The summed E-state index contributed by atoms with van der Waals surface area (Å²) in [5.74, 6) is 2.18. The molecular weight excluding hydrogens is 524 g/mol. The number of benzene rings is 2. The number of anilines is 3. The summed E-state index contributed by atoms with van der Waals surface area (Å²) in [7, 11) is 1.85. The molecule has 1 atom stereocenters. The summed E-state index contributed by atoms with van der Waals surface area (Å²) >= 11 is 0. The Hall–Kier alpha value is -5.17. The Morgan fingerprint density at radius 1 is 1.17 bits per heavy atom. The SMILES string of the molecule is C=CC(=O)N1CCN(c2ncc3ncnc(Nc4ccc(Oc5ccc6c(c5)nnn6C)c(C)c4)c3n2)C[C@@H]1CO. The standard InChI is InChI=1S/C28H28N10O3/c1-4-25(40)38-10-9-37(14-19(38)15-39)28-29-13-22-26(33-28)27(31-16-30-22)32-18-5-8-24(17(2)11-18)41-20-6-7-23-21(12-20)34-35-36(23)3/h4-8,11-13,16,19,39H,1,9-10,14-15H2,2-3H3,(H,30,31,32)/t19-/m1/s1. The minimum atomic E-state index is -0.385. The van der Waals surface area contributed by atoms with E-state index in [9.17, 15) is 9.90 Å². The van der Waals surface area contributed by atoms with E-state index in [-0.39, 0.29) is 18.6 Å². The summed E-state index contributed by atoms with van der Waals surface area (Å²) in [5.41, 5.74) is 4.55. The third kappa shape index (κ3) is 5.10. The molecule has 1 amide bonds. The molecule has 41 heavy (non-hydrogen) atoms. The van der Waals surface area contributed by atoms with Gasteiger partial charge in [-0.15, -0.1) is 5.10 Å². The molecule has 1 aliphatic heterocycles. The summed E-state index contributed by atoms with van der Waals surface area (Å²) in [6.07, 6.45) is 4.37. The quantitative estimate of drug-likeness (QED) is 0.287. The lowest BCUT2D eigenvalue weighted by Gasteiger charge is -2.40. The van der Waals surface area contributed by atoms with Crippen molar-refractivity contribution in [3.63, 3.8) is 0 Å².